The fourth-order valence-corrected chi connectivity index (χ4v) is 5.86. The van der Waals surface area contributed by atoms with Gasteiger partial charge in [0, 0.05) is 44.6 Å². The summed E-state index contributed by atoms with van der Waals surface area (Å²) in [6.45, 7) is 2.00. The number of thioether (sulfide) groups is 1. The fraction of sp³-hybridized carbons (Fsp3) is 0.636. The number of hydrogen-bond donors (Lipinski definition) is 1. The Kier molecular flexibility index (Phi) is 7.70. The minimum absolute atomic E-state index is 0.0341. The third-order valence-corrected chi connectivity index (χ3v) is 8.62. The van der Waals surface area contributed by atoms with E-state index in [9.17, 15) is 18.0 Å². The van der Waals surface area contributed by atoms with E-state index in [4.69, 9.17) is 9.47 Å². The highest BCUT2D eigenvalue weighted by molar-refractivity contribution is 7.98. The minimum atomic E-state index is -3.73. The van der Waals surface area contributed by atoms with Gasteiger partial charge in [-0.05, 0) is 43.4 Å². The molecule has 182 valence electrons. The van der Waals surface area contributed by atoms with Gasteiger partial charge in [0.15, 0.2) is 11.5 Å². The van der Waals surface area contributed by atoms with Gasteiger partial charge in [-0.25, -0.2) is 8.42 Å². The maximum atomic E-state index is 13.2. The van der Waals surface area contributed by atoms with E-state index in [0.717, 1.165) is 25.0 Å². The molecule has 1 aromatic carbocycles. The molecule has 1 aromatic rings. The number of ether oxygens (including phenoxy) is 2. The van der Waals surface area contributed by atoms with Crippen molar-refractivity contribution < 1.29 is 27.5 Å². The number of nitrogens with zero attached hydrogens (tertiary/aromatic N) is 2. The highest BCUT2D eigenvalue weighted by Crippen LogP contribution is 2.33. The van der Waals surface area contributed by atoms with Crippen LogP contribution in [0.1, 0.15) is 25.7 Å². The molecule has 1 atom stereocenters. The second kappa shape index (κ2) is 10.5. The SMILES string of the molecule is CSCC[C@@H](NC(=O)C1CC1)C(=O)N1CCN(S(=O)(=O)c2ccc3c(c2)OCCCO3)CC1. The van der Waals surface area contributed by atoms with Crippen molar-refractivity contribution in [2.75, 3.05) is 51.4 Å². The molecule has 0 bridgehead atoms. The molecule has 9 nitrogen and oxygen atoms in total. The second-order valence-corrected chi connectivity index (χ2v) is 11.4. The lowest BCUT2D eigenvalue weighted by Gasteiger charge is -2.36. The normalized spacial score (nSPS) is 20.1. The Hall–Kier alpha value is -1.98. The van der Waals surface area contributed by atoms with Gasteiger partial charge in [0.1, 0.15) is 6.04 Å². The number of sulfonamides is 1. The number of piperazine rings is 1. The predicted molar refractivity (Wildman–Crippen MR) is 125 cm³/mol. The molecule has 1 aliphatic carbocycles. The predicted octanol–water partition coefficient (Wildman–Crippen LogP) is 1.33. The molecule has 2 amide bonds. The first kappa shape index (κ1) is 24.2. The summed E-state index contributed by atoms with van der Waals surface area (Å²) in [4.78, 5) is 27.2. The molecule has 3 aliphatic rings. The number of amides is 2. The van der Waals surface area contributed by atoms with Gasteiger partial charge in [-0.3, -0.25) is 9.59 Å². The summed E-state index contributed by atoms with van der Waals surface area (Å²) in [5, 5.41) is 2.91. The molecule has 1 saturated heterocycles. The topological polar surface area (TPSA) is 105 Å². The van der Waals surface area contributed by atoms with Gasteiger partial charge in [0.2, 0.25) is 21.8 Å². The largest absolute Gasteiger partial charge is 0.490 e. The first-order valence-corrected chi connectivity index (χ1v) is 14.2. The van der Waals surface area contributed by atoms with Crippen LogP contribution in [0.3, 0.4) is 0 Å². The zero-order chi connectivity index (χ0) is 23.4. The summed E-state index contributed by atoms with van der Waals surface area (Å²) in [7, 11) is -3.73. The van der Waals surface area contributed by atoms with Crippen molar-refractivity contribution in [1.82, 2.24) is 14.5 Å². The van der Waals surface area contributed by atoms with Crippen LogP contribution < -0.4 is 14.8 Å². The first-order valence-electron chi connectivity index (χ1n) is 11.4. The molecule has 0 spiro atoms. The molecule has 2 fully saturated rings. The first-order chi connectivity index (χ1) is 15.9. The highest BCUT2D eigenvalue weighted by Gasteiger charge is 2.36. The fourth-order valence-electron chi connectivity index (χ4n) is 3.95. The van der Waals surface area contributed by atoms with Crippen molar-refractivity contribution in [2.45, 2.75) is 36.6 Å². The molecule has 2 heterocycles. The van der Waals surface area contributed by atoms with E-state index >= 15 is 0 Å². The van der Waals surface area contributed by atoms with E-state index in [0.29, 0.717) is 31.1 Å². The lowest BCUT2D eigenvalue weighted by atomic mass is 10.1. The monoisotopic (exact) mass is 497 g/mol. The number of hydrogen-bond acceptors (Lipinski definition) is 7. The van der Waals surface area contributed by atoms with Gasteiger partial charge in [0.25, 0.3) is 0 Å². The minimum Gasteiger partial charge on any atom is -0.490 e. The number of nitrogens with one attached hydrogen (secondary N) is 1. The summed E-state index contributed by atoms with van der Waals surface area (Å²) in [6.07, 6.45) is 5.03. The number of carbonyl (C=O) groups excluding carboxylic acids is 2. The molecular weight excluding hydrogens is 466 g/mol. The van der Waals surface area contributed by atoms with Crippen LogP contribution in [-0.2, 0) is 19.6 Å². The van der Waals surface area contributed by atoms with Crippen LogP contribution >= 0.6 is 11.8 Å². The number of carbonyl (C=O) groups is 2. The van der Waals surface area contributed by atoms with Gasteiger partial charge in [-0.2, -0.15) is 16.1 Å². The van der Waals surface area contributed by atoms with Gasteiger partial charge in [-0.15, -0.1) is 0 Å². The molecule has 33 heavy (non-hydrogen) atoms. The van der Waals surface area contributed by atoms with E-state index in [2.05, 4.69) is 5.32 Å². The molecular formula is C22H31N3O6S2. The Morgan fingerprint density at radius 1 is 1.12 bits per heavy atom. The zero-order valence-corrected chi connectivity index (χ0v) is 20.5. The molecule has 2 aliphatic heterocycles. The summed E-state index contributed by atoms with van der Waals surface area (Å²) in [5.74, 6) is 1.60. The summed E-state index contributed by atoms with van der Waals surface area (Å²) in [6, 6.07) is 4.12. The third-order valence-electron chi connectivity index (χ3n) is 6.08. The van der Waals surface area contributed by atoms with E-state index in [1.54, 1.807) is 22.7 Å². The summed E-state index contributed by atoms with van der Waals surface area (Å²) < 4.78 is 39.0. The average molecular weight is 498 g/mol. The number of rotatable bonds is 8. The van der Waals surface area contributed by atoms with Crippen molar-refractivity contribution in [3.8, 4) is 11.5 Å². The average Bonchev–Trinajstić information content (AvgIpc) is 3.68. The Morgan fingerprint density at radius 2 is 1.82 bits per heavy atom. The maximum absolute atomic E-state index is 13.2. The summed E-state index contributed by atoms with van der Waals surface area (Å²) >= 11 is 1.63. The second-order valence-electron chi connectivity index (χ2n) is 8.51. The van der Waals surface area contributed by atoms with E-state index < -0.39 is 16.1 Å². The third kappa shape index (κ3) is 5.75. The number of fused-ring (bicyclic) bond motifs is 1. The Balaban J connectivity index is 1.39. The van der Waals surface area contributed by atoms with Gasteiger partial charge >= 0.3 is 0 Å². The van der Waals surface area contributed by atoms with Gasteiger partial charge in [0.05, 0.1) is 18.1 Å². The van der Waals surface area contributed by atoms with E-state index in [1.807, 2.05) is 6.26 Å². The maximum Gasteiger partial charge on any atom is 0.245 e. The van der Waals surface area contributed by atoms with E-state index in [1.165, 1.54) is 16.4 Å². The molecule has 4 rings (SSSR count). The lowest BCUT2D eigenvalue weighted by Crippen LogP contribution is -2.56. The van der Waals surface area contributed by atoms with Crippen LogP contribution in [0, 0.1) is 5.92 Å². The van der Waals surface area contributed by atoms with Crippen molar-refractivity contribution >= 4 is 33.6 Å². The van der Waals surface area contributed by atoms with Crippen LogP contribution in [0.4, 0.5) is 0 Å². The van der Waals surface area contributed by atoms with Crippen molar-refractivity contribution in [2.24, 2.45) is 5.92 Å². The quantitative estimate of drug-likeness (QED) is 0.578. The number of benzene rings is 1. The molecule has 0 unspecified atom stereocenters. The smallest absolute Gasteiger partial charge is 0.245 e. The zero-order valence-electron chi connectivity index (χ0n) is 18.8. The standard InChI is InChI=1S/C22H31N3O6S2/c1-32-14-7-18(23-21(26)16-3-4-16)22(27)24-8-10-25(11-9-24)33(28,29)17-5-6-19-20(15-17)31-13-2-12-30-19/h5-6,15-16,18H,2-4,7-14H2,1H3,(H,23,26)/t18-/m1/s1. The molecule has 0 radical (unpaired) electrons. The van der Waals surface area contributed by atoms with Crippen molar-refractivity contribution in [3.05, 3.63) is 18.2 Å². The van der Waals surface area contributed by atoms with E-state index in [-0.39, 0.29) is 48.8 Å². The lowest BCUT2D eigenvalue weighted by molar-refractivity contribution is -0.137. The Labute approximate surface area is 199 Å². The highest BCUT2D eigenvalue weighted by atomic mass is 32.2. The van der Waals surface area contributed by atoms with Crippen molar-refractivity contribution in [3.63, 3.8) is 0 Å². The van der Waals surface area contributed by atoms with Crippen LogP contribution in [-0.4, -0.2) is 86.9 Å². The molecule has 1 N–H and O–H groups in total. The summed E-state index contributed by atoms with van der Waals surface area (Å²) in [5.41, 5.74) is 0. The Bertz CT molecular complexity index is 974. The van der Waals surface area contributed by atoms with Crippen LogP contribution in [0.15, 0.2) is 23.1 Å². The molecule has 1 saturated carbocycles. The molecule has 11 heteroatoms. The van der Waals surface area contributed by atoms with Gasteiger partial charge < -0.3 is 19.7 Å². The van der Waals surface area contributed by atoms with Crippen LogP contribution in [0.25, 0.3) is 0 Å². The Morgan fingerprint density at radius 3 is 2.48 bits per heavy atom. The van der Waals surface area contributed by atoms with Crippen molar-refractivity contribution in [1.29, 1.82) is 0 Å². The van der Waals surface area contributed by atoms with Crippen LogP contribution in [0.5, 0.6) is 11.5 Å². The van der Waals surface area contributed by atoms with Gasteiger partial charge in [-0.1, -0.05) is 0 Å². The van der Waals surface area contributed by atoms with Crippen LogP contribution in [0.2, 0.25) is 0 Å². The molecule has 0 aromatic heterocycles.